The van der Waals surface area contributed by atoms with Crippen molar-refractivity contribution in [3.05, 3.63) is 0 Å². The number of unbranched alkanes of at least 4 members (excludes halogenated alkanes) is 30. The molecule has 0 saturated carbocycles. The Balaban J connectivity index is 5.23. The molecule has 3 N–H and O–H groups in total. The maximum absolute atomic E-state index is 13.0. The second kappa shape index (κ2) is 57.9. The highest BCUT2D eigenvalue weighted by Crippen LogP contribution is 2.45. The minimum Gasteiger partial charge on any atom is -0.462 e. The summed E-state index contributed by atoms with van der Waals surface area (Å²) in [6.07, 6.45) is 39.1. The Kier molecular flexibility index (Phi) is 56.6. The first kappa shape index (κ1) is 85.1. The SMILES string of the molecule is CCC(C)CCCCCCCCCCC(=O)O[C@H](COC(=O)CCCCCCCCCC(C)C)COP(=O)(O)OCC(O)COP(=O)(O)OC[C@@H](COC(=O)CCCCCCCCCCCCCCC(C)C)OC(=O)CCCCCCCCCC(C)C. The van der Waals surface area contributed by atoms with Crippen molar-refractivity contribution in [2.45, 2.75) is 350 Å². The van der Waals surface area contributed by atoms with Gasteiger partial charge in [-0.05, 0) is 49.4 Å². The Morgan fingerprint density at radius 1 is 0.322 bits per heavy atom. The van der Waals surface area contributed by atoms with Gasteiger partial charge in [-0.3, -0.25) is 37.3 Å². The van der Waals surface area contributed by atoms with Crippen LogP contribution in [-0.4, -0.2) is 96.7 Å². The van der Waals surface area contributed by atoms with Gasteiger partial charge in [0, 0.05) is 25.7 Å². The molecule has 4 unspecified atom stereocenters. The van der Waals surface area contributed by atoms with Crippen molar-refractivity contribution in [1.82, 2.24) is 0 Å². The zero-order chi connectivity index (χ0) is 64.7. The average Bonchev–Trinajstić information content (AvgIpc) is 3.69. The van der Waals surface area contributed by atoms with Crippen molar-refractivity contribution in [1.29, 1.82) is 0 Å². The molecule has 0 aliphatic heterocycles. The molecular formula is C68H132O17P2. The molecule has 0 heterocycles. The third kappa shape index (κ3) is 61.3. The molecular weight excluding hydrogens is 1150 g/mol. The predicted octanol–water partition coefficient (Wildman–Crippen LogP) is 18.9. The number of hydrogen-bond donors (Lipinski definition) is 3. The number of phosphoric ester groups is 2. The molecule has 0 aromatic heterocycles. The van der Waals surface area contributed by atoms with Gasteiger partial charge in [0.1, 0.15) is 19.3 Å². The lowest BCUT2D eigenvalue weighted by molar-refractivity contribution is -0.161. The summed E-state index contributed by atoms with van der Waals surface area (Å²) in [5, 5.41) is 10.6. The van der Waals surface area contributed by atoms with Crippen LogP contribution in [0.25, 0.3) is 0 Å². The number of esters is 4. The van der Waals surface area contributed by atoms with E-state index in [9.17, 15) is 43.2 Å². The third-order valence-corrected chi connectivity index (χ3v) is 17.8. The number of rotatable bonds is 65. The van der Waals surface area contributed by atoms with Crippen LogP contribution in [0.15, 0.2) is 0 Å². The summed E-state index contributed by atoms with van der Waals surface area (Å²) < 4.78 is 68.2. The van der Waals surface area contributed by atoms with E-state index >= 15 is 0 Å². The summed E-state index contributed by atoms with van der Waals surface area (Å²) in [5.41, 5.74) is 0. The van der Waals surface area contributed by atoms with Crippen molar-refractivity contribution in [3.63, 3.8) is 0 Å². The first-order chi connectivity index (χ1) is 41.6. The Morgan fingerprint density at radius 3 is 0.816 bits per heavy atom. The quantitative estimate of drug-likeness (QED) is 0.0222. The molecule has 0 aromatic rings. The standard InChI is InChI=1S/C68H132O17P2/c1-9-61(8)47-39-31-23-16-17-25-34-42-50-67(72)84-63(55-79-66(71)49-41-33-26-18-21-29-37-45-59(4)5)56-82-86(74,75)80-52-62(69)53-81-87(76,77)83-57-64(85-68(73)51-43-35-27-19-22-30-38-46-60(6)7)54-78-65(70)48-40-32-24-15-13-11-10-12-14-20-28-36-44-58(2)3/h58-64,69H,9-57H2,1-8H3,(H,74,75)(H,76,77)/t61?,62?,63-,64-/m1/s1. The van der Waals surface area contributed by atoms with E-state index in [0.717, 1.165) is 108 Å². The van der Waals surface area contributed by atoms with E-state index in [1.807, 2.05) is 0 Å². The molecule has 19 heteroatoms. The van der Waals surface area contributed by atoms with E-state index in [4.69, 9.17) is 37.0 Å². The lowest BCUT2D eigenvalue weighted by Crippen LogP contribution is -2.30. The van der Waals surface area contributed by atoms with Gasteiger partial charge in [-0.15, -0.1) is 0 Å². The summed E-state index contributed by atoms with van der Waals surface area (Å²) in [4.78, 5) is 72.4. The monoisotopic (exact) mass is 1280 g/mol. The summed E-state index contributed by atoms with van der Waals surface area (Å²) in [5.74, 6) is 0.816. The second-order valence-electron chi connectivity index (χ2n) is 26.2. The van der Waals surface area contributed by atoms with Crippen LogP contribution in [0.4, 0.5) is 0 Å². The maximum atomic E-state index is 13.0. The van der Waals surface area contributed by atoms with Crippen LogP contribution in [0.5, 0.6) is 0 Å². The van der Waals surface area contributed by atoms with Gasteiger partial charge in [0.15, 0.2) is 12.2 Å². The molecule has 516 valence electrons. The van der Waals surface area contributed by atoms with Crippen LogP contribution in [-0.2, 0) is 65.4 Å². The summed E-state index contributed by atoms with van der Waals surface area (Å²) in [7, 11) is -9.90. The molecule has 17 nitrogen and oxygen atoms in total. The molecule has 0 radical (unpaired) electrons. The second-order valence-corrected chi connectivity index (χ2v) is 29.1. The minimum atomic E-state index is -4.95. The van der Waals surface area contributed by atoms with Crippen molar-refractivity contribution in [3.8, 4) is 0 Å². The smallest absolute Gasteiger partial charge is 0.462 e. The topological polar surface area (TPSA) is 237 Å². The van der Waals surface area contributed by atoms with Gasteiger partial charge in [0.05, 0.1) is 26.4 Å². The van der Waals surface area contributed by atoms with Gasteiger partial charge in [-0.25, -0.2) is 9.13 Å². The number of ether oxygens (including phenoxy) is 4. The van der Waals surface area contributed by atoms with E-state index < -0.39 is 97.5 Å². The molecule has 0 rings (SSSR count). The van der Waals surface area contributed by atoms with Gasteiger partial charge in [0.25, 0.3) is 0 Å². The highest BCUT2D eigenvalue weighted by atomic mass is 31.2. The Bertz CT molecular complexity index is 1730. The summed E-state index contributed by atoms with van der Waals surface area (Å²) >= 11 is 0. The molecule has 0 bridgehead atoms. The van der Waals surface area contributed by atoms with E-state index in [0.29, 0.717) is 37.5 Å². The number of aliphatic hydroxyl groups is 1. The van der Waals surface area contributed by atoms with Crippen molar-refractivity contribution < 1.29 is 80.2 Å². The third-order valence-electron chi connectivity index (χ3n) is 15.9. The van der Waals surface area contributed by atoms with Gasteiger partial charge in [0.2, 0.25) is 0 Å². The molecule has 0 saturated heterocycles. The Hall–Kier alpha value is -1.94. The highest BCUT2D eigenvalue weighted by Gasteiger charge is 2.30. The first-order valence-electron chi connectivity index (χ1n) is 35.2. The number of carbonyl (C=O) groups is 4. The molecule has 6 atom stereocenters. The first-order valence-corrected chi connectivity index (χ1v) is 38.2. The van der Waals surface area contributed by atoms with Crippen molar-refractivity contribution >= 4 is 39.5 Å². The highest BCUT2D eigenvalue weighted by molar-refractivity contribution is 7.47. The molecule has 0 amide bonds. The summed E-state index contributed by atoms with van der Waals surface area (Å²) in [6.45, 7) is 14.0. The molecule has 0 aromatic carbocycles. The zero-order valence-electron chi connectivity index (χ0n) is 56.6. The fraction of sp³-hybridized carbons (Fsp3) is 0.941. The summed E-state index contributed by atoms with van der Waals surface area (Å²) in [6, 6.07) is 0. The minimum absolute atomic E-state index is 0.103. The van der Waals surface area contributed by atoms with Crippen molar-refractivity contribution in [2.24, 2.45) is 23.7 Å². The van der Waals surface area contributed by atoms with Crippen LogP contribution >= 0.6 is 15.6 Å². The Morgan fingerprint density at radius 2 is 0.552 bits per heavy atom. The Labute approximate surface area is 530 Å². The van der Waals surface area contributed by atoms with Gasteiger partial charge >= 0.3 is 39.5 Å². The molecule has 87 heavy (non-hydrogen) atoms. The van der Waals surface area contributed by atoms with Gasteiger partial charge in [-0.2, -0.15) is 0 Å². The largest absolute Gasteiger partial charge is 0.472 e. The number of aliphatic hydroxyl groups excluding tert-OH is 1. The molecule has 0 aliphatic carbocycles. The van der Waals surface area contributed by atoms with Crippen LogP contribution < -0.4 is 0 Å². The normalized spacial score (nSPS) is 14.6. The van der Waals surface area contributed by atoms with Crippen molar-refractivity contribution in [2.75, 3.05) is 39.6 Å². The van der Waals surface area contributed by atoms with Crippen LogP contribution in [0.2, 0.25) is 0 Å². The van der Waals surface area contributed by atoms with Crippen LogP contribution in [0, 0.1) is 23.7 Å². The number of carbonyl (C=O) groups excluding carboxylic acids is 4. The van der Waals surface area contributed by atoms with Crippen LogP contribution in [0.3, 0.4) is 0 Å². The van der Waals surface area contributed by atoms with E-state index in [1.165, 1.54) is 128 Å². The number of hydrogen-bond acceptors (Lipinski definition) is 15. The lowest BCUT2D eigenvalue weighted by Gasteiger charge is -2.21. The lowest BCUT2D eigenvalue weighted by atomic mass is 9.99. The fourth-order valence-electron chi connectivity index (χ4n) is 10.1. The molecule has 0 aliphatic rings. The zero-order valence-corrected chi connectivity index (χ0v) is 58.4. The van der Waals surface area contributed by atoms with Gasteiger partial charge < -0.3 is 33.8 Å². The number of phosphoric acid groups is 2. The predicted molar refractivity (Wildman–Crippen MR) is 349 cm³/mol. The van der Waals surface area contributed by atoms with Crippen LogP contribution in [0.1, 0.15) is 331 Å². The average molecular weight is 1280 g/mol. The van der Waals surface area contributed by atoms with Gasteiger partial charge in [-0.1, -0.05) is 280 Å². The van der Waals surface area contributed by atoms with E-state index in [2.05, 4.69) is 55.4 Å². The maximum Gasteiger partial charge on any atom is 0.472 e. The molecule has 0 fully saturated rings. The molecule has 0 spiro atoms. The fourth-order valence-corrected chi connectivity index (χ4v) is 11.7. The van der Waals surface area contributed by atoms with E-state index in [-0.39, 0.29) is 25.7 Å². The van der Waals surface area contributed by atoms with E-state index in [1.54, 1.807) is 0 Å².